The van der Waals surface area contributed by atoms with E-state index in [1.165, 1.54) is 16.7 Å². The van der Waals surface area contributed by atoms with E-state index in [0.29, 0.717) is 13.1 Å². The van der Waals surface area contributed by atoms with Crippen molar-refractivity contribution >= 4 is 23.2 Å². The van der Waals surface area contributed by atoms with Gasteiger partial charge >= 0.3 is 0 Å². The molecule has 1 unspecified atom stereocenters. The van der Waals surface area contributed by atoms with E-state index in [2.05, 4.69) is 44.8 Å². The molecule has 1 aliphatic heterocycles. The van der Waals surface area contributed by atoms with Gasteiger partial charge in [0.25, 0.3) is 0 Å². The molecule has 2 aliphatic rings. The van der Waals surface area contributed by atoms with Crippen molar-refractivity contribution in [1.29, 1.82) is 0 Å². The molecule has 0 bridgehead atoms. The topological polar surface area (TPSA) is 75.1 Å². The van der Waals surface area contributed by atoms with Gasteiger partial charge in [0.1, 0.15) is 0 Å². The Balaban J connectivity index is 1.21. The van der Waals surface area contributed by atoms with Crippen LogP contribution in [0.25, 0.3) is 0 Å². The molecule has 1 amide bonds. The van der Waals surface area contributed by atoms with Crippen LogP contribution in [0, 0.1) is 6.92 Å². The number of rotatable bonds is 5. The van der Waals surface area contributed by atoms with E-state index in [0.717, 1.165) is 53.6 Å². The fraction of sp³-hybridized carbons (Fsp3) is 0.300. The highest BCUT2D eigenvalue weighted by Gasteiger charge is 2.35. The molecule has 4 aromatic rings. The first-order valence-corrected chi connectivity index (χ1v) is 13.5. The Hall–Kier alpha value is -3.52. The maximum Gasteiger partial charge on any atom is 0.242 e. The molecular weight excluding hydrogens is 496 g/mol. The second-order valence-corrected chi connectivity index (χ2v) is 10.6. The third-order valence-electron chi connectivity index (χ3n) is 7.46. The van der Waals surface area contributed by atoms with Crippen LogP contribution >= 0.6 is 11.6 Å². The summed E-state index contributed by atoms with van der Waals surface area (Å²) in [6.07, 6.45) is 7.57. The van der Waals surface area contributed by atoms with Crippen LogP contribution < -0.4 is 10.6 Å². The number of amides is 1. The number of aryl methyl sites for hydroxylation is 3. The van der Waals surface area contributed by atoms with Crippen molar-refractivity contribution in [2.75, 3.05) is 25.0 Å². The fourth-order valence-electron chi connectivity index (χ4n) is 5.68. The van der Waals surface area contributed by atoms with Crippen LogP contribution in [-0.2, 0) is 24.2 Å². The second-order valence-electron chi connectivity index (χ2n) is 10.2. The molecule has 3 heterocycles. The molecule has 2 aromatic heterocycles. The van der Waals surface area contributed by atoms with Gasteiger partial charge in [0.2, 0.25) is 5.91 Å². The maximum atomic E-state index is 13.4. The van der Waals surface area contributed by atoms with E-state index >= 15 is 0 Å². The van der Waals surface area contributed by atoms with Crippen LogP contribution in [0.15, 0.2) is 73.3 Å². The molecule has 6 rings (SSSR count). The van der Waals surface area contributed by atoms with E-state index in [4.69, 9.17) is 16.6 Å². The molecule has 0 spiro atoms. The summed E-state index contributed by atoms with van der Waals surface area (Å²) in [5, 5.41) is 7.32. The van der Waals surface area contributed by atoms with E-state index in [1.807, 2.05) is 60.5 Å². The van der Waals surface area contributed by atoms with E-state index in [9.17, 15) is 4.79 Å². The summed E-state index contributed by atoms with van der Waals surface area (Å²) in [4.78, 5) is 25.0. The molecule has 8 heteroatoms. The van der Waals surface area contributed by atoms with Gasteiger partial charge in [-0.2, -0.15) is 0 Å². The lowest BCUT2D eigenvalue weighted by atomic mass is 9.95. The molecule has 1 fully saturated rings. The van der Waals surface area contributed by atoms with Crippen molar-refractivity contribution in [3.05, 3.63) is 112 Å². The van der Waals surface area contributed by atoms with Crippen molar-refractivity contribution in [3.63, 3.8) is 0 Å². The minimum atomic E-state index is -0.338. The zero-order valence-corrected chi connectivity index (χ0v) is 22.2. The third-order valence-corrected chi connectivity index (χ3v) is 7.69. The Morgan fingerprint density at radius 1 is 1.11 bits per heavy atom. The summed E-state index contributed by atoms with van der Waals surface area (Å²) >= 11 is 6.38. The average molecular weight is 527 g/mol. The standard InChI is InChI=1S/C30H31ClN6O/c1-20-16-36(19-34-20)17-21-4-2-6-25(14-21)35-30(38)27-18-37(13-12-32-27)29-26-10-9-24(31)15-23(26)8-7-22-5-3-11-33-28(22)29/h2-6,9-11,14-16,19,27,29,32H,7-8,12-13,17-18H2,1H3,(H,35,38)/t27?,29-/m1/s1. The van der Waals surface area contributed by atoms with Gasteiger partial charge in [-0.3, -0.25) is 14.7 Å². The second kappa shape index (κ2) is 10.7. The number of benzene rings is 2. The van der Waals surface area contributed by atoms with E-state index in [-0.39, 0.29) is 18.0 Å². The minimum Gasteiger partial charge on any atom is -0.333 e. The molecular formula is C30H31ClN6O. The van der Waals surface area contributed by atoms with E-state index in [1.54, 1.807) is 0 Å². The summed E-state index contributed by atoms with van der Waals surface area (Å²) in [5.74, 6) is -0.0310. The number of fused-ring (bicyclic) bond motifs is 2. The van der Waals surface area contributed by atoms with Gasteiger partial charge in [0.05, 0.1) is 29.8 Å². The summed E-state index contributed by atoms with van der Waals surface area (Å²) < 4.78 is 2.04. The molecule has 38 heavy (non-hydrogen) atoms. The largest absolute Gasteiger partial charge is 0.333 e. The number of hydrogen-bond acceptors (Lipinski definition) is 5. The number of nitrogens with one attached hydrogen (secondary N) is 2. The van der Waals surface area contributed by atoms with Crippen LogP contribution in [0.4, 0.5) is 5.69 Å². The van der Waals surface area contributed by atoms with Crippen LogP contribution in [0.2, 0.25) is 5.02 Å². The van der Waals surface area contributed by atoms with Crippen molar-refractivity contribution in [2.45, 2.75) is 38.4 Å². The van der Waals surface area contributed by atoms with Crippen LogP contribution in [0.5, 0.6) is 0 Å². The van der Waals surface area contributed by atoms with Gasteiger partial charge < -0.3 is 15.2 Å². The number of piperazine rings is 1. The number of aromatic nitrogens is 3. The molecule has 2 aromatic carbocycles. The Morgan fingerprint density at radius 2 is 2.00 bits per heavy atom. The van der Waals surface area contributed by atoms with Crippen molar-refractivity contribution in [2.24, 2.45) is 0 Å². The van der Waals surface area contributed by atoms with Gasteiger partial charge in [-0.1, -0.05) is 35.9 Å². The molecule has 7 nitrogen and oxygen atoms in total. The predicted molar refractivity (Wildman–Crippen MR) is 149 cm³/mol. The van der Waals surface area contributed by atoms with Crippen molar-refractivity contribution < 1.29 is 4.79 Å². The first kappa shape index (κ1) is 24.8. The van der Waals surface area contributed by atoms with E-state index < -0.39 is 0 Å². The number of imidazole rings is 1. The van der Waals surface area contributed by atoms with Gasteiger partial charge in [0.15, 0.2) is 0 Å². The molecule has 1 aliphatic carbocycles. The lowest BCUT2D eigenvalue weighted by Crippen LogP contribution is -2.56. The normalized spacial score (nSPS) is 19.3. The highest BCUT2D eigenvalue weighted by atomic mass is 35.5. The minimum absolute atomic E-state index is 0.0136. The van der Waals surface area contributed by atoms with Crippen LogP contribution in [-0.4, -0.2) is 51.0 Å². The Morgan fingerprint density at radius 3 is 2.87 bits per heavy atom. The summed E-state index contributed by atoms with van der Waals surface area (Å²) in [7, 11) is 0. The quantitative estimate of drug-likeness (QED) is 0.403. The number of anilines is 1. The molecule has 194 valence electrons. The van der Waals surface area contributed by atoms with Gasteiger partial charge in [0, 0.05) is 49.3 Å². The first-order chi connectivity index (χ1) is 18.5. The monoisotopic (exact) mass is 526 g/mol. The van der Waals surface area contributed by atoms with Gasteiger partial charge in [-0.15, -0.1) is 0 Å². The SMILES string of the molecule is Cc1cn(Cc2cccc(NC(=O)C3CN([C@@H]4c5ccc(Cl)cc5CCc5cccnc54)CCN3)c2)cn1. The van der Waals surface area contributed by atoms with Gasteiger partial charge in [-0.25, -0.2) is 4.98 Å². The Kier molecular flexibility index (Phi) is 6.98. The Labute approximate surface area is 227 Å². The van der Waals surface area contributed by atoms with Crippen molar-refractivity contribution in [3.8, 4) is 0 Å². The molecule has 1 saturated heterocycles. The zero-order chi connectivity index (χ0) is 26.1. The summed E-state index contributed by atoms with van der Waals surface area (Å²) in [6.45, 7) is 4.82. The van der Waals surface area contributed by atoms with Crippen LogP contribution in [0.3, 0.4) is 0 Å². The number of nitrogens with zero attached hydrogens (tertiary/aromatic N) is 4. The molecule has 0 radical (unpaired) electrons. The number of halogens is 1. The molecule has 0 saturated carbocycles. The first-order valence-electron chi connectivity index (χ1n) is 13.1. The van der Waals surface area contributed by atoms with Crippen molar-refractivity contribution in [1.82, 2.24) is 24.8 Å². The summed E-state index contributed by atoms with van der Waals surface area (Å²) in [5.41, 5.74) is 7.71. The van der Waals surface area contributed by atoms with Gasteiger partial charge in [-0.05, 0) is 72.4 Å². The molecule has 2 N–H and O–H groups in total. The lowest BCUT2D eigenvalue weighted by molar-refractivity contribution is -0.119. The number of pyridine rings is 1. The number of carbonyl (C=O) groups is 1. The number of carbonyl (C=O) groups excluding carboxylic acids is 1. The zero-order valence-electron chi connectivity index (χ0n) is 21.4. The lowest BCUT2D eigenvalue weighted by Gasteiger charge is -2.39. The fourth-order valence-corrected chi connectivity index (χ4v) is 5.88. The third kappa shape index (κ3) is 5.23. The highest BCUT2D eigenvalue weighted by molar-refractivity contribution is 6.30. The highest BCUT2D eigenvalue weighted by Crippen LogP contribution is 2.37. The smallest absolute Gasteiger partial charge is 0.242 e. The average Bonchev–Trinajstić information content (AvgIpc) is 3.25. The molecule has 2 atom stereocenters. The Bertz CT molecular complexity index is 1470. The maximum absolute atomic E-state index is 13.4. The summed E-state index contributed by atoms with van der Waals surface area (Å²) in [6, 6.07) is 18.0. The predicted octanol–water partition coefficient (Wildman–Crippen LogP) is 4.39. The number of hydrogen-bond donors (Lipinski definition) is 2. The van der Waals surface area contributed by atoms with Crippen LogP contribution in [0.1, 0.15) is 39.7 Å².